The first-order valence-corrected chi connectivity index (χ1v) is 14.6. The second-order valence-electron chi connectivity index (χ2n) is 8.60. The van der Waals surface area contributed by atoms with Crippen LogP contribution in [0.2, 0.25) is 5.02 Å². The molecule has 0 amide bonds. The minimum Gasteiger partial charge on any atom is -0.382 e. The molecule has 1 heterocycles. The van der Waals surface area contributed by atoms with E-state index >= 15 is 0 Å². The molecular formula is C23H27ClN4O4S2. The molecule has 182 valence electrons. The Kier molecular flexibility index (Phi) is 7.44. The Morgan fingerprint density at radius 3 is 2.32 bits per heavy atom. The fourth-order valence-electron chi connectivity index (χ4n) is 4.37. The maximum Gasteiger partial charge on any atom is 0.217 e. The van der Waals surface area contributed by atoms with Crippen molar-refractivity contribution >= 4 is 48.2 Å². The molecule has 1 unspecified atom stereocenters. The molecule has 34 heavy (non-hydrogen) atoms. The Bertz CT molecular complexity index is 1360. The number of aromatic nitrogens is 1. The van der Waals surface area contributed by atoms with Gasteiger partial charge in [-0.2, -0.15) is 0 Å². The number of hydrogen-bond acceptors (Lipinski definition) is 6. The summed E-state index contributed by atoms with van der Waals surface area (Å²) in [6.07, 6.45) is 4.54. The van der Waals surface area contributed by atoms with Gasteiger partial charge in [0.15, 0.2) is 0 Å². The van der Waals surface area contributed by atoms with Gasteiger partial charge in [-0.15, -0.1) is 0 Å². The number of nitrogens with one attached hydrogen (secondary N) is 2. The van der Waals surface area contributed by atoms with Crippen LogP contribution in [0, 0.1) is 0 Å². The lowest BCUT2D eigenvalue weighted by atomic mass is 9.91. The Balaban J connectivity index is 1.37. The van der Waals surface area contributed by atoms with Crippen molar-refractivity contribution in [2.45, 2.75) is 43.0 Å². The van der Waals surface area contributed by atoms with Crippen LogP contribution in [0.5, 0.6) is 0 Å². The lowest BCUT2D eigenvalue weighted by molar-refractivity contribution is 0.387. The molecule has 1 aliphatic rings. The van der Waals surface area contributed by atoms with E-state index in [0.717, 1.165) is 29.4 Å². The molecule has 1 fully saturated rings. The van der Waals surface area contributed by atoms with Crippen molar-refractivity contribution in [3.8, 4) is 0 Å². The highest BCUT2D eigenvalue weighted by molar-refractivity contribution is 7.93. The van der Waals surface area contributed by atoms with E-state index in [1.807, 2.05) is 24.3 Å². The first-order valence-electron chi connectivity index (χ1n) is 11.0. The molecule has 1 aromatic heterocycles. The molecule has 1 aliphatic carbocycles. The standard InChI is InChI=1S/C23H27ClN4O4S2/c24-17-6-11-20-21(12-13-26-22(20)14-17)27-18-7-9-19(10-8-18)28-33(29,30)15-23(34(25,31)32)16-4-2-1-3-5-16/h1-6,11-14,18-19,23,28H,7-10,15H2,(H,26,27)(H2,25,31,32). The first-order chi connectivity index (χ1) is 16.1. The third-order valence-corrected chi connectivity index (χ3v) is 9.22. The number of anilines is 1. The number of halogens is 1. The fraction of sp³-hybridized carbons (Fsp3) is 0.348. The smallest absolute Gasteiger partial charge is 0.217 e. The SMILES string of the molecule is NS(=O)(=O)C(CS(=O)(=O)NC1CCC(Nc2ccnc3cc(Cl)ccc23)CC1)c1ccccc1. The van der Waals surface area contributed by atoms with Crippen LogP contribution in [0.3, 0.4) is 0 Å². The van der Waals surface area contributed by atoms with Crippen molar-refractivity contribution < 1.29 is 16.8 Å². The maximum atomic E-state index is 12.8. The van der Waals surface area contributed by atoms with Gasteiger partial charge in [-0.25, -0.2) is 26.7 Å². The van der Waals surface area contributed by atoms with Crippen LogP contribution in [0.15, 0.2) is 60.8 Å². The average molecular weight is 523 g/mol. The zero-order chi connectivity index (χ0) is 24.3. The molecular weight excluding hydrogens is 496 g/mol. The number of nitrogens with two attached hydrogens (primary N) is 1. The van der Waals surface area contributed by atoms with Gasteiger partial charge in [0.2, 0.25) is 20.0 Å². The molecule has 11 heteroatoms. The molecule has 0 saturated heterocycles. The number of benzene rings is 2. The van der Waals surface area contributed by atoms with E-state index in [1.165, 1.54) is 0 Å². The highest BCUT2D eigenvalue weighted by Crippen LogP contribution is 2.29. The van der Waals surface area contributed by atoms with Gasteiger partial charge in [0.1, 0.15) is 5.25 Å². The van der Waals surface area contributed by atoms with Crippen LogP contribution in [0.1, 0.15) is 36.5 Å². The summed E-state index contributed by atoms with van der Waals surface area (Å²) in [5.41, 5.74) is 2.13. The van der Waals surface area contributed by atoms with E-state index < -0.39 is 31.0 Å². The largest absolute Gasteiger partial charge is 0.382 e. The minimum absolute atomic E-state index is 0.184. The van der Waals surface area contributed by atoms with E-state index in [9.17, 15) is 16.8 Å². The van der Waals surface area contributed by atoms with Crippen molar-refractivity contribution in [2.24, 2.45) is 5.14 Å². The summed E-state index contributed by atoms with van der Waals surface area (Å²) in [7, 11) is -7.97. The predicted molar refractivity (Wildman–Crippen MR) is 136 cm³/mol. The van der Waals surface area contributed by atoms with E-state index in [0.29, 0.717) is 23.4 Å². The van der Waals surface area contributed by atoms with Crippen molar-refractivity contribution in [3.63, 3.8) is 0 Å². The van der Waals surface area contributed by atoms with Crippen LogP contribution in [0.4, 0.5) is 5.69 Å². The van der Waals surface area contributed by atoms with Crippen LogP contribution in [0.25, 0.3) is 10.9 Å². The number of primary sulfonamides is 1. The molecule has 2 aromatic carbocycles. The number of sulfonamides is 2. The zero-order valence-electron chi connectivity index (χ0n) is 18.4. The van der Waals surface area contributed by atoms with Gasteiger partial charge >= 0.3 is 0 Å². The molecule has 1 atom stereocenters. The summed E-state index contributed by atoms with van der Waals surface area (Å²) in [6.45, 7) is 0. The third kappa shape index (κ3) is 6.25. The van der Waals surface area contributed by atoms with Crippen LogP contribution in [-0.2, 0) is 20.0 Å². The van der Waals surface area contributed by atoms with Gasteiger partial charge in [-0.3, -0.25) is 4.98 Å². The quantitative estimate of drug-likeness (QED) is 0.414. The van der Waals surface area contributed by atoms with Crippen molar-refractivity contribution in [1.29, 1.82) is 0 Å². The molecule has 4 N–H and O–H groups in total. The van der Waals surface area contributed by atoms with Gasteiger partial charge in [0.25, 0.3) is 0 Å². The lowest BCUT2D eigenvalue weighted by Crippen LogP contribution is -2.43. The molecule has 8 nitrogen and oxygen atoms in total. The van der Waals surface area contributed by atoms with Crippen molar-refractivity contribution in [3.05, 3.63) is 71.4 Å². The Hall–Kier alpha value is -2.24. The number of rotatable bonds is 8. The number of nitrogens with zero attached hydrogens (tertiary/aromatic N) is 1. The average Bonchev–Trinajstić information content (AvgIpc) is 2.78. The highest BCUT2D eigenvalue weighted by Gasteiger charge is 2.32. The van der Waals surface area contributed by atoms with Gasteiger partial charge in [0.05, 0.1) is 11.3 Å². The molecule has 0 bridgehead atoms. The third-order valence-electron chi connectivity index (χ3n) is 6.08. The second-order valence-corrected chi connectivity index (χ2v) is 12.6. The Labute approximate surface area is 205 Å². The van der Waals surface area contributed by atoms with Gasteiger partial charge in [-0.1, -0.05) is 41.9 Å². The molecule has 3 aromatic rings. The summed E-state index contributed by atoms with van der Waals surface area (Å²) in [4.78, 5) is 4.36. The number of hydrogen-bond donors (Lipinski definition) is 3. The molecule has 1 saturated carbocycles. The van der Waals surface area contributed by atoms with Crippen LogP contribution < -0.4 is 15.2 Å². The number of pyridine rings is 1. The van der Waals surface area contributed by atoms with E-state index in [-0.39, 0.29) is 12.1 Å². The lowest BCUT2D eigenvalue weighted by Gasteiger charge is -2.30. The monoisotopic (exact) mass is 522 g/mol. The highest BCUT2D eigenvalue weighted by atomic mass is 35.5. The summed E-state index contributed by atoms with van der Waals surface area (Å²) in [5.74, 6) is -0.612. The van der Waals surface area contributed by atoms with Crippen molar-refractivity contribution in [1.82, 2.24) is 9.71 Å². The maximum absolute atomic E-state index is 12.8. The van der Waals surface area contributed by atoms with Gasteiger partial charge in [0, 0.05) is 34.4 Å². The molecule has 0 aliphatic heterocycles. The zero-order valence-corrected chi connectivity index (χ0v) is 20.8. The Morgan fingerprint density at radius 1 is 0.971 bits per heavy atom. The second kappa shape index (κ2) is 10.2. The van der Waals surface area contributed by atoms with Crippen LogP contribution >= 0.6 is 11.6 Å². The van der Waals surface area contributed by atoms with Gasteiger partial charge in [-0.05, 0) is 55.5 Å². The topological polar surface area (TPSA) is 131 Å². The molecule has 4 rings (SSSR count). The van der Waals surface area contributed by atoms with E-state index in [4.69, 9.17) is 16.7 Å². The predicted octanol–water partition coefficient (Wildman–Crippen LogP) is 3.56. The fourth-order valence-corrected chi connectivity index (χ4v) is 7.80. The first kappa shape index (κ1) is 24.9. The summed E-state index contributed by atoms with van der Waals surface area (Å²) < 4.78 is 52.5. The molecule has 0 radical (unpaired) electrons. The van der Waals surface area contributed by atoms with Crippen LogP contribution in [-0.4, -0.2) is 39.7 Å². The summed E-state index contributed by atoms with van der Waals surface area (Å²) in [6, 6.07) is 15.6. The van der Waals surface area contributed by atoms with Crippen molar-refractivity contribution in [2.75, 3.05) is 11.1 Å². The normalized spacial score (nSPS) is 20.2. The summed E-state index contributed by atoms with van der Waals surface area (Å²) >= 11 is 6.07. The Morgan fingerprint density at radius 2 is 1.65 bits per heavy atom. The number of fused-ring (bicyclic) bond motifs is 1. The van der Waals surface area contributed by atoms with Gasteiger partial charge < -0.3 is 5.32 Å². The van der Waals surface area contributed by atoms with E-state index in [1.54, 1.807) is 36.5 Å². The molecule has 0 spiro atoms. The summed E-state index contributed by atoms with van der Waals surface area (Å²) in [5, 5.41) is 9.18. The van der Waals surface area contributed by atoms with E-state index in [2.05, 4.69) is 15.0 Å². The minimum atomic E-state index is -4.10.